The molecule has 0 aromatic heterocycles. The van der Waals surface area contributed by atoms with Crippen LogP contribution in [0.2, 0.25) is 0 Å². The van der Waals surface area contributed by atoms with Crippen LogP contribution in [0.4, 0.5) is 10.1 Å². The molecule has 2 rings (SSSR count). The summed E-state index contributed by atoms with van der Waals surface area (Å²) >= 11 is 0.963. The molecule has 3 amide bonds. The first-order valence-corrected chi connectivity index (χ1v) is 8.83. The summed E-state index contributed by atoms with van der Waals surface area (Å²) in [5.41, 5.74) is 4.01. The summed E-state index contributed by atoms with van der Waals surface area (Å²) in [4.78, 5) is 45.6. The van der Waals surface area contributed by atoms with Crippen LogP contribution in [0.5, 0.6) is 0 Å². The Morgan fingerprint density at radius 2 is 1.75 bits per heavy atom. The standard InChI is InChI=1S/C17H15FN4O5S/c18-13-6-1-2-7-14(13)28-10-16(24)21-20-15(23)9-19-17(25)11-4-3-5-12(8-11)22(26)27/h1-8H,9-10H2,(H,19,25)(H,20,23)(H,21,24). The lowest BCUT2D eigenvalue weighted by Gasteiger charge is -2.08. The first-order chi connectivity index (χ1) is 13.4. The number of hydrazine groups is 1. The average Bonchev–Trinajstić information content (AvgIpc) is 2.69. The van der Waals surface area contributed by atoms with Crippen LogP contribution in [-0.2, 0) is 9.59 Å². The van der Waals surface area contributed by atoms with Gasteiger partial charge < -0.3 is 5.32 Å². The van der Waals surface area contributed by atoms with Gasteiger partial charge in [0.05, 0.1) is 17.2 Å². The van der Waals surface area contributed by atoms with Gasteiger partial charge in [-0.3, -0.25) is 35.3 Å². The fourth-order valence-electron chi connectivity index (χ4n) is 1.95. The number of carbonyl (C=O) groups is 3. The van der Waals surface area contributed by atoms with Crippen molar-refractivity contribution in [3.63, 3.8) is 0 Å². The monoisotopic (exact) mass is 406 g/mol. The number of hydrogen-bond donors (Lipinski definition) is 3. The summed E-state index contributed by atoms with van der Waals surface area (Å²) in [5, 5.41) is 13.0. The maximum atomic E-state index is 13.4. The molecule has 0 radical (unpaired) electrons. The number of nitro groups is 1. The van der Waals surface area contributed by atoms with Crippen molar-refractivity contribution < 1.29 is 23.7 Å². The first kappa shape index (κ1) is 20.8. The molecular weight excluding hydrogens is 391 g/mol. The predicted octanol–water partition coefficient (Wildman–Crippen LogP) is 1.40. The summed E-state index contributed by atoms with van der Waals surface area (Å²) in [7, 11) is 0. The van der Waals surface area contributed by atoms with Gasteiger partial charge in [-0.05, 0) is 18.2 Å². The van der Waals surface area contributed by atoms with Crippen LogP contribution in [0.1, 0.15) is 10.4 Å². The molecule has 9 nitrogen and oxygen atoms in total. The lowest BCUT2D eigenvalue weighted by molar-refractivity contribution is -0.384. The molecular formula is C17H15FN4O5S. The van der Waals surface area contributed by atoms with Crippen LogP contribution in [0.15, 0.2) is 53.4 Å². The molecule has 0 aliphatic heterocycles. The van der Waals surface area contributed by atoms with E-state index in [-0.39, 0.29) is 17.0 Å². The van der Waals surface area contributed by atoms with Crippen LogP contribution in [0, 0.1) is 15.9 Å². The molecule has 0 heterocycles. The van der Waals surface area contributed by atoms with Crippen LogP contribution >= 0.6 is 11.8 Å². The van der Waals surface area contributed by atoms with Crippen LogP contribution in [0.3, 0.4) is 0 Å². The minimum atomic E-state index is -0.706. The summed E-state index contributed by atoms with van der Waals surface area (Å²) < 4.78 is 13.4. The third-order valence-electron chi connectivity index (χ3n) is 3.27. The van der Waals surface area contributed by atoms with Crippen molar-refractivity contribution in [1.29, 1.82) is 0 Å². The molecule has 2 aromatic carbocycles. The number of hydrogen-bond acceptors (Lipinski definition) is 6. The molecule has 0 fully saturated rings. The average molecular weight is 406 g/mol. The Kier molecular flexibility index (Phi) is 7.45. The second-order valence-corrected chi connectivity index (χ2v) is 6.32. The fraction of sp³-hybridized carbons (Fsp3) is 0.118. The van der Waals surface area contributed by atoms with Crippen molar-refractivity contribution in [3.05, 3.63) is 70.0 Å². The van der Waals surface area contributed by atoms with E-state index in [2.05, 4.69) is 16.2 Å². The Morgan fingerprint density at radius 1 is 1.04 bits per heavy atom. The third-order valence-corrected chi connectivity index (χ3v) is 4.31. The molecule has 2 aromatic rings. The Balaban J connectivity index is 1.73. The summed E-state index contributed by atoms with van der Waals surface area (Å²) in [5.74, 6) is -2.52. The zero-order valence-corrected chi connectivity index (χ0v) is 15.1. The Hall–Kier alpha value is -3.47. The van der Waals surface area contributed by atoms with Crippen LogP contribution in [-0.4, -0.2) is 34.9 Å². The van der Waals surface area contributed by atoms with Gasteiger partial charge in [0.15, 0.2) is 0 Å². The topological polar surface area (TPSA) is 130 Å². The van der Waals surface area contributed by atoms with Crippen molar-refractivity contribution in [2.75, 3.05) is 12.3 Å². The van der Waals surface area contributed by atoms with E-state index in [1.807, 2.05) is 0 Å². The lowest BCUT2D eigenvalue weighted by Crippen LogP contribution is -2.46. The highest BCUT2D eigenvalue weighted by atomic mass is 32.2. The SMILES string of the molecule is O=C(CNC(=O)c1cccc([N+](=O)[O-])c1)NNC(=O)CSc1ccccc1F. The van der Waals surface area contributed by atoms with Crippen LogP contribution in [0.25, 0.3) is 0 Å². The highest BCUT2D eigenvalue weighted by Gasteiger charge is 2.13. The van der Waals surface area contributed by atoms with Gasteiger partial charge in [0.2, 0.25) is 5.91 Å². The van der Waals surface area contributed by atoms with Gasteiger partial charge in [-0.25, -0.2) is 4.39 Å². The van der Waals surface area contributed by atoms with Crippen LogP contribution < -0.4 is 16.2 Å². The van der Waals surface area contributed by atoms with E-state index in [9.17, 15) is 28.9 Å². The van der Waals surface area contributed by atoms with Gasteiger partial charge in [-0.15, -0.1) is 11.8 Å². The van der Waals surface area contributed by atoms with Gasteiger partial charge >= 0.3 is 0 Å². The Labute approximate surface area is 162 Å². The highest BCUT2D eigenvalue weighted by molar-refractivity contribution is 8.00. The Bertz CT molecular complexity index is 909. The second-order valence-electron chi connectivity index (χ2n) is 5.31. The lowest BCUT2D eigenvalue weighted by atomic mass is 10.2. The number of non-ortho nitro benzene ring substituents is 1. The number of rotatable bonds is 7. The molecule has 0 aliphatic carbocycles. The predicted molar refractivity (Wildman–Crippen MR) is 98.8 cm³/mol. The second kappa shape index (κ2) is 10.0. The van der Waals surface area contributed by atoms with E-state index < -0.39 is 35.0 Å². The van der Waals surface area contributed by atoms with E-state index >= 15 is 0 Å². The molecule has 0 aliphatic rings. The third kappa shape index (κ3) is 6.36. The molecule has 0 spiro atoms. The minimum Gasteiger partial charge on any atom is -0.343 e. The van der Waals surface area contributed by atoms with E-state index in [0.717, 1.165) is 17.8 Å². The molecule has 146 valence electrons. The van der Waals surface area contributed by atoms with Gasteiger partial charge in [0.25, 0.3) is 17.5 Å². The minimum absolute atomic E-state index is 0.0207. The van der Waals surface area contributed by atoms with Crippen molar-refractivity contribution >= 4 is 35.2 Å². The maximum absolute atomic E-state index is 13.4. The molecule has 0 saturated carbocycles. The number of nitrogens with one attached hydrogen (secondary N) is 3. The molecule has 0 bridgehead atoms. The molecule has 3 N–H and O–H groups in total. The van der Waals surface area contributed by atoms with E-state index in [0.29, 0.717) is 4.90 Å². The number of amides is 3. The molecule has 0 saturated heterocycles. The van der Waals surface area contributed by atoms with E-state index in [1.54, 1.807) is 6.07 Å². The number of nitrogens with zero attached hydrogens (tertiary/aromatic N) is 1. The highest BCUT2D eigenvalue weighted by Crippen LogP contribution is 2.20. The quantitative estimate of drug-likeness (QED) is 0.362. The number of benzene rings is 2. The Morgan fingerprint density at radius 3 is 2.46 bits per heavy atom. The summed E-state index contributed by atoms with van der Waals surface area (Å²) in [6.45, 7) is -0.456. The van der Waals surface area contributed by atoms with Crippen molar-refractivity contribution in [2.24, 2.45) is 0 Å². The number of halogens is 1. The van der Waals surface area contributed by atoms with E-state index in [1.165, 1.54) is 36.4 Å². The normalized spacial score (nSPS) is 10.0. The van der Waals surface area contributed by atoms with Gasteiger partial charge in [-0.1, -0.05) is 18.2 Å². The summed E-state index contributed by atoms with van der Waals surface area (Å²) in [6.07, 6.45) is 0. The number of nitro benzene ring substituents is 1. The van der Waals surface area contributed by atoms with E-state index in [4.69, 9.17) is 0 Å². The molecule has 11 heteroatoms. The zero-order chi connectivity index (χ0) is 20.5. The van der Waals surface area contributed by atoms with Gasteiger partial charge in [0, 0.05) is 22.6 Å². The smallest absolute Gasteiger partial charge is 0.270 e. The summed E-state index contributed by atoms with van der Waals surface area (Å²) in [6, 6.07) is 11.0. The molecule has 0 atom stereocenters. The largest absolute Gasteiger partial charge is 0.343 e. The fourth-order valence-corrected chi connectivity index (χ4v) is 2.69. The zero-order valence-electron chi connectivity index (χ0n) is 14.3. The number of carbonyl (C=O) groups excluding carboxylic acids is 3. The van der Waals surface area contributed by atoms with Gasteiger partial charge in [-0.2, -0.15) is 0 Å². The van der Waals surface area contributed by atoms with Crippen molar-refractivity contribution in [3.8, 4) is 0 Å². The molecule has 0 unspecified atom stereocenters. The maximum Gasteiger partial charge on any atom is 0.270 e. The van der Waals surface area contributed by atoms with Crippen molar-refractivity contribution in [1.82, 2.24) is 16.2 Å². The first-order valence-electron chi connectivity index (χ1n) is 7.84. The molecule has 28 heavy (non-hydrogen) atoms. The van der Waals surface area contributed by atoms with Gasteiger partial charge in [0.1, 0.15) is 5.82 Å². The number of thioether (sulfide) groups is 1. The van der Waals surface area contributed by atoms with Crippen molar-refractivity contribution in [2.45, 2.75) is 4.90 Å².